The van der Waals surface area contributed by atoms with Crippen LogP contribution in [0.3, 0.4) is 0 Å². The van der Waals surface area contributed by atoms with Gasteiger partial charge in [0.2, 0.25) is 5.95 Å². The van der Waals surface area contributed by atoms with Crippen molar-refractivity contribution in [1.82, 2.24) is 14.7 Å². The Morgan fingerprint density at radius 1 is 1.58 bits per heavy atom. The SMILES string of the molecule is CNC1C(=O)N(c2nsc(C)n2)CCc2ccoc21. The molecule has 3 heterocycles. The van der Waals surface area contributed by atoms with Crippen LogP contribution in [0.25, 0.3) is 0 Å². The molecule has 1 N–H and O–H groups in total. The number of aromatic nitrogens is 2. The molecular formula is C12H14N4O2S. The molecule has 1 amide bonds. The van der Waals surface area contributed by atoms with Crippen molar-refractivity contribution in [2.24, 2.45) is 0 Å². The van der Waals surface area contributed by atoms with E-state index in [-0.39, 0.29) is 5.91 Å². The minimum atomic E-state index is -0.476. The standard InChI is InChI=1S/C12H14N4O2S/c1-7-14-12(15-19-7)16-5-3-8-4-6-18-10(8)9(13-2)11(16)17/h4,6,9,13H,3,5H2,1-2H3. The third-order valence-electron chi connectivity index (χ3n) is 3.21. The van der Waals surface area contributed by atoms with Gasteiger partial charge in [-0.1, -0.05) is 0 Å². The summed E-state index contributed by atoms with van der Waals surface area (Å²) >= 11 is 1.30. The van der Waals surface area contributed by atoms with Gasteiger partial charge in [0.25, 0.3) is 5.91 Å². The first-order valence-electron chi connectivity index (χ1n) is 6.06. The molecule has 0 saturated heterocycles. The number of carbonyl (C=O) groups is 1. The van der Waals surface area contributed by atoms with Crippen molar-refractivity contribution in [3.8, 4) is 0 Å². The lowest BCUT2D eigenvalue weighted by atomic mass is 10.1. The van der Waals surface area contributed by atoms with E-state index in [4.69, 9.17) is 4.42 Å². The third-order valence-corrected chi connectivity index (χ3v) is 3.82. The van der Waals surface area contributed by atoms with Crippen molar-refractivity contribution in [3.05, 3.63) is 28.7 Å². The van der Waals surface area contributed by atoms with E-state index in [9.17, 15) is 4.79 Å². The molecule has 2 aromatic heterocycles. The Kier molecular flexibility index (Phi) is 3.08. The van der Waals surface area contributed by atoms with Gasteiger partial charge in [0.1, 0.15) is 16.8 Å². The number of furan rings is 1. The van der Waals surface area contributed by atoms with E-state index in [2.05, 4.69) is 14.7 Å². The molecule has 1 unspecified atom stereocenters. The van der Waals surface area contributed by atoms with Crippen LogP contribution in [0.15, 0.2) is 16.7 Å². The molecule has 0 spiro atoms. The molecule has 2 aromatic rings. The maximum Gasteiger partial charge on any atom is 0.254 e. The van der Waals surface area contributed by atoms with Crippen molar-refractivity contribution in [2.45, 2.75) is 19.4 Å². The second kappa shape index (κ2) is 4.75. The Bertz CT molecular complexity index is 606. The fourth-order valence-corrected chi connectivity index (χ4v) is 2.74. The van der Waals surface area contributed by atoms with E-state index in [0.717, 1.165) is 17.0 Å². The summed E-state index contributed by atoms with van der Waals surface area (Å²) < 4.78 is 9.68. The smallest absolute Gasteiger partial charge is 0.254 e. The van der Waals surface area contributed by atoms with Crippen LogP contribution in [0, 0.1) is 6.92 Å². The van der Waals surface area contributed by atoms with Gasteiger partial charge in [-0.25, -0.2) is 4.98 Å². The zero-order valence-corrected chi connectivity index (χ0v) is 11.5. The first-order valence-corrected chi connectivity index (χ1v) is 6.83. The van der Waals surface area contributed by atoms with Gasteiger partial charge in [0.15, 0.2) is 0 Å². The largest absolute Gasteiger partial charge is 0.467 e. The van der Waals surface area contributed by atoms with Crippen molar-refractivity contribution < 1.29 is 9.21 Å². The molecule has 0 aromatic carbocycles. The number of carbonyl (C=O) groups excluding carboxylic acids is 1. The fourth-order valence-electron chi connectivity index (χ4n) is 2.27. The normalized spacial score (nSPS) is 19.4. The van der Waals surface area contributed by atoms with E-state index in [1.54, 1.807) is 18.2 Å². The quantitative estimate of drug-likeness (QED) is 0.896. The van der Waals surface area contributed by atoms with Gasteiger partial charge in [-0.05, 0) is 43.6 Å². The van der Waals surface area contributed by atoms with Gasteiger partial charge in [-0.15, -0.1) is 0 Å². The summed E-state index contributed by atoms with van der Waals surface area (Å²) in [6.45, 7) is 2.45. The highest BCUT2D eigenvalue weighted by molar-refractivity contribution is 7.05. The third kappa shape index (κ3) is 2.04. The molecule has 7 heteroatoms. The van der Waals surface area contributed by atoms with Gasteiger partial charge in [-0.2, -0.15) is 4.37 Å². The van der Waals surface area contributed by atoms with E-state index >= 15 is 0 Å². The van der Waals surface area contributed by atoms with Crippen LogP contribution in [0.4, 0.5) is 5.95 Å². The van der Waals surface area contributed by atoms with Gasteiger partial charge in [0.05, 0.1) is 6.26 Å². The van der Waals surface area contributed by atoms with Crippen LogP contribution in [0.1, 0.15) is 22.4 Å². The van der Waals surface area contributed by atoms with E-state index in [1.807, 2.05) is 13.0 Å². The number of fused-ring (bicyclic) bond motifs is 1. The van der Waals surface area contributed by atoms with Crippen molar-refractivity contribution >= 4 is 23.4 Å². The lowest BCUT2D eigenvalue weighted by Crippen LogP contribution is -2.39. The Morgan fingerprint density at radius 3 is 3.11 bits per heavy atom. The molecule has 3 rings (SSSR count). The van der Waals surface area contributed by atoms with Crippen molar-refractivity contribution in [1.29, 1.82) is 0 Å². The number of likely N-dealkylation sites (N-methyl/N-ethyl adjacent to an activating group) is 1. The molecule has 0 radical (unpaired) electrons. The predicted molar refractivity (Wildman–Crippen MR) is 71.2 cm³/mol. The average molecular weight is 278 g/mol. The number of amides is 1. The lowest BCUT2D eigenvalue weighted by molar-refractivity contribution is -0.120. The molecule has 0 fully saturated rings. The molecule has 0 aliphatic carbocycles. The summed E-state index contributed by atoms with van der Waals surface area (Å²) in [4.78, 5) is 18.5. The maximum absolute atomic E-state index is 12.6. The van der Waals surface area contributed by atoms with Gasteiger partial charge < -0.3 is 9.73 Å². The lowest BCUT2D eigenvalue weighted by Gasteiger charge is -2.20. The van der Waals surface area contributed by atoms with Crippen LogP contribution in [-0.2, 0) is 11.2 Å². The monoisotopic (exact) mass is 278 g/mol. The molecule has 19 heavy (non-hydrogen) atoms. The highest BCUT2D eigenvalue weighted by atomic mass is 32.1. The zero-order valence-electron chi connectivity index (χ0n) is 10.7. The molecule has 0 saturated carbocycles. The second-order valence-electron chi connectivity index (χ2n) is 4.39. The molecule has 100 valence electrons. The number of nitrogens with zero attached hydrogens (tertiary/aromatic N) is 3. The Hall–Kier alpha value is -1.73. The van der Waals surface area contributed by atoms with Crippen LogP contribution in [0.2, 0.25) is 0 Å². The van der Waals surface area contributed by atoms with Crippen molar-refractivity contribution in [3.63, 3.8) is 0 Å². The average Bonchev–Trinajstić information content (AvgIpc) is 2.98. The fraction of sp³-hybridized carbons (Fsp3) is 0.417. The minimum absolute atomic E-state index is 0.0750. The summed E-state index contributed by atoms with van der Waals surface area (Å²) in [5.74, 6) is 1.11. The van der Waals surface area contributed by atoms with Gasteiger partial charge >= 0.3 is 0 Å². The summed E-state index contributed by atoms with van der Waals surface area (Å²) in [6.07, 6.45) is 2.37. The van der Waals surface area contributed by atoms with Gasteiger partial charge in [-0.3, -0.25) is 9.69 Å². The first kappa shape index (κ1) is 12.3. The predicted octanol–water partition coefficient (Wildman–Crippen LogP) is 1.29. The van der Waals surface area contributed by atoms with Crippen LogP contribution < -0.4 is 10.2 Å². The van der Waals surface area contributed by atoms with E-state index in [0.29, 0.717) is 18.3 Å². The molecule has 1 aliphatic rings. The summed E-state index contributed by atoms with van der Waals surface area (Å²) in [5, 5.41) is 3.86. The molecular weight excluding hydrogens is 264 g/mol. The van der Waals surface area contributed by atoms with Crippen molar-refractivity contribution in [2.75, 3.05) is 18.5 Å². The number of rotatable bonds is 2. The topological polar surface area (TPSA) is 71.3 Å². The van der Waals surface area contributed by atoms with E-state index < -0.39 is 6.04 Å². The zero-order chi connectivity index (χ0) is 13.4. The summed E-state index contributed by atoms with van der Waals surface area (Å²) in [6, 6.07) is 1.44. The number of anilines is 1. The number of aryl methyl sites for hydroxylation is 1. The Balaban J connectivity index is 1.98. The highest BCUT2D eigenvalue weighted by Crippen LogP contribution is 2.27. The van der Waals surface area contributed by atoms with Crippen LogP contribution in [0.5, 0.6) is 0 Å². The number of nitrogens with one attached hydrogen (secondary N) is 1. The van der Waals surface area contributed by atoms with E-state index in [1.165, 1.54) is 11.5 Å². The number of hydrogen-bond donors (Lipinski definition) is 1. The summed E-state index contributed by atoms with van der Waals surface area (Å²) in [5.41, 5.74) is 1.06. The maximum atomic E-state index is 12.6. The summed E-state index contributed by atoms with van der Waals surface area (Å²) in [7, 11) is 1.75. The molecule has 1 atom stereocenters. The first-order chi connectivity index (χ1) is 9.20. The van der Waals surface area contributed by atoms with Gasteiger partial charge in [0, 0.05) is 6.54 Å². The second-order valence-corrected chi connectivity index (χ2v) is 5.34. The highest BCUT2D eigenvalue weighted by Gasteiger charge is 2.34. The molecule has 6 nitrogen and oxygen atoms in total. The Labute approximate surface area is 114 Å². The molecule has 1 aliphatic heterocycles. The molecule has 0 bridgehead atoms. The van der Waals surface area contributed by atoms with Crippen LogP contribution in [-0.4, -0.2) is 28.9 Å². The Morgan fingerprint density at radius 2 is 2.42 bits per heavy atom. The number of hydrogen-bond acceptors (Lipinski definition) is 6. The minimum Gasteiger partial charge on any atom is -0.467 e. The van der Waals surface area contributed by atoms with Crippen LogP contribution >= 0.6 is 11.5 Å².